The second-order valence-electron chi connectivity index (χ2n) is 5.81. The van der Waals surface area contributed by atoms with Crippen molar-refractivity contribution in [3.63, 3.8) is 0 Å². The molecule has 0 spiro atoms. The first kappa shape index (κ1) is 19.3. The first-order chi connectivity index (χ1) is 12.4. The third-order valence-electron chi connectivity index (χ3n) is 3.85. The van der Waals surface area contributed by atoms with Gasteiger partial charge in [-0.1, -0.05) is 23.8 Å². The van der Waals surface area contributed by atoms with Crippen LogP contribution in [0, 0.1) is 6.92 Å². The van der Waals surface area contributed by atoms with Crippen LogP contribution in [-0.4, -0.2) is 25.6 Å². The lowest BCUT2D eigenvalue weighted by atomic mass is 10.0. The molecule has 6 nitrogen and oxygen atoms in total. The predicted molar refractivity (Wildman–Crippen MR) is 95.2 cm³/mol. The van der Waals surface area contributed by atoms with Gasteiger partial charge in [0.05, 0.1) is 19.8 Å². The van der Waals surface area contributed by atoms with Crippen LogP contribution in [0.1, 0.15) is 40.9 Å². The Morgan fingerprint density at radius 1 is 1.15 bits per heavy atom. The second kappa shape index (κ2) is 8.89. The van der Waals surface area contributed by atoms with Crippen LogP contribution >= 0.6 is 0 Å². The lowest BCUT2D eigenvalue weighted by molar-refractivity contribution is -0.306. The molecule has 0 heterocycles. The second-order valence-corrected chi connectivity index (χ2v) is 5.81. The van der Waals surface area contributed by atoms with Gasteiger partial charge >= 0.3 is 0 Å². The minimum Gasteiger partial charge on any atom is -0.550 e. The summed E-state index contributed by atoms with van der Waals surface area (Å²) in [6.07, 6.45) is -0.352. The third-order valence-corrected chi connectivity index (χ3v) is 3.85. The Morgan fingerprint density at radius 2 is 1.92 bits per heavy atom. The van der Waals surface area contributed by atoms with Crippen LogP contribution in [0.3, 0.4) is 0 Å². The number of aryl methyl sites for hydroxylation is 1. The topological polar surface area (TPSA) is 87.7 Å². The third kappa shape index (κ3) is 4.99. The highest BCUT2D eigenvalue weighted by Gasteiger charge is 2.18. The van der Waals surface area contributed by atoms with Gasteiger partial charge in [-0.3, -0.25) is 4.79 Å². The van der Waals surface area contributed by atoms with Crippen molar-refractivity contribution >= 4 is 11.9 Å². The minimum absolute atomic E-state index is 0.352. The fraction of sp³-hybridized carbons (Fsp3) is 0.300. The number of methoxy groups -OCH3 is 1. The predicted octanol–water partition coefficient (Wildman–Crippen LogP) is 2.01. The highest BCUT2D eigenvalue weighted by Crippen LogP contribution is 2.31. The number of carboxylic acid groups (broad SMARTS) is 1. The van der Waals surface area contributed by atoms with Crippen molar-refractivity contribution in [2.24, 2.45) is 0 Å². The molecule has 2 rings (SSSR count). The monoisotopic (exact) mass is 356 g/mol. The summed E-state index contributed by atoms with van der Waals surface area (Å²) in [5, 5.41) is 13.9. The molecule has 1 atom stereocenters. The molecule has 26 heavy (non-hydrogen) atoms. The number of carboxylic acids is 1. The maximum atomic E-state index is 12.5. The number of rotatable bonds is 8. The number of ether oxygens (including phenoxy) is 2. The summed E-state index contributed by atoms with van der Waals surface area (Å²) in [6.45, 7) is 4.21. The van der Waals surface area contributed by atoms with E-state index in [1.807, 2.05) is 19.9 Å². The Labute approximate surface area is 152 Å². The molecule has 0 saturated heterocycles. The quantitative estimate of drug-likeness (QED) is 0.782. The van der Waals surface area contributed by atoms with Gasteiger partial charge in [-0.15, -0.1) is 0 Å². The molecule has 1 amide bonds. The summed E-state index contributed by atoms with van der Waals surface area (Å²) >= 11 is 0. The van der Waals surface area contributed by atoms with Gasteiger partial charge in [-0.2, -0.15) is 0 Å². The van der Waals surface area contributed by atoms with E-state index < -0.39 is 12.0 Å². The molecular weight excluding hydrogens is 334 g/mol. The first-order valence-corrected chi connectivity index (χ1v) is 8.32. The molecule has 2 aromatic rings. The molecule has 0 aliphatic heterocycles. The summed E-state index contributed by atoms with van der Waals surface area (Å²) in [4.78, 5) is 23.7. The van der Waals surface area contributed by atoms with Gasteiger partial charge in [0.25, 0.3) is 5.91 Å². The molecule has 0 fully saturated rings. The van der Waals surface area contributed by atoms with Crippen molar-refractivity contribution < 1.29 is 24.2 Å². The van der Waals surface area contributed by atoms with E-state index >= 15 is 0 Å². The average molecular weight is 356 g/mol. The Morgan fingerprint density at radius 3 is 2.54 bits per heavy atom. The van der Waals surface area contributed by atoms with Gasteiger partial charge in [-0.05, 0) is 43.7 Å². The number of carbonyl (C=O) groups excluding carboxylic acids is 2. The Hall–Kier alpha value is -3.02. The highest BCUT2D eigenvalue weighted by molar-refractivity contribution is 5.94. The molecule has 2 aromatic carbocycles. The van der Waals surface area contributed by atoms with Gasteiger partial charge in [-0.25, -0.2) is 0 Å². The number of amides is 1. The molecular formula is C20H22NO5-. The number of hydrogen-bond donors (Lipinski definition) is 1. The lowest BCUT2D eigenvalue weighted by Gasteiger charge is -2.21. The van der Waals surface area contributed by atoms with Crippen LogP contribution in [0.2, 0.25) is 0 Å². The molecule has 0 aliphatic carbocycles. The first-order valence-electron chi connectivity index (χ1n) is 8.32. The zero-order valence-corrected chi connectivity index (χ0v) is 15.1. The summed E-state index contributed by atoms with van der Waals surface area (Å²) in [6, 6.07) is 11.4. The molecule has 0 aliphatic rings. The van der Waals surface area contributed by atoms with Gasteiger partial charge < -0.3 is 24.7 Å². The molecule has 0 radical (unpaired) electrons. The number of aliphatic carboxylic acids is 1. The van der Waals surface area contributed by atoms with E-state index in [0.717, 1.165) is 5.56 Å². The van der Waals surface area contributed by atoms with E-state index in [2.05, 4.69) is 5.32 Å². The minimum atomic E-state index is -1.26. The fourth-order valence-electron chi connectivity index (χ4n) is 2.62. The Kier molecular flexibility index (Phi) is 6.60. The SMILES string of the molecule is CCOc1ccc([C@@H](CC(=O)[O-])NC(=O)c2cccc(C)c2)cc1OC. The number of nitrogens with one attached hydrogen (secondary N) is 1. The van der Waals surface area contributed by atoms with Gasteiger partial charge in [0.15, 0.2) is 11.5 Å². The van der Waals surface area contributed by atoms with Crippen molar-refractivity contribution in [3.8, 4) is 11.5 Å². The Bertz CT molecular complexity index is 788. The lowest BCUT2D eigenvalue weighted by Crippen LogP contribution is -2.34. The normalized spacial score (nSPS) is 11.5. The van der Waals surface area contributed by atoms with Gasteiger partial charge in [0.2, 0.25) is 0 Å². The molecule has 1 N–H and O–H groups in total. The van der Waals surface area contributed by atoms with E-state index in [1.54, 1.807) is 36.4 Å². The van der Waals surface area contributed by atoms with E-state index in [0.29, 0.717) is 29.2 Å². The number of carbonyl (C=O) groups is 2. The van der Waals surface area contributed by atoms with Crippen molar-refractivity contribution in [2.75, 3.05) is 13.7 Å². The standard InChI is InChI=1S/C20H23NO5/c1-4-26-17-9-8-14(11-18(17)25-3)16(12-19(22)23)21-20(24)15-7-5-6-13(2)10-15/h5-11,16H,4,12H2,1-3H3,(H,21,24)(H,22,23)/p-1/t16-/m1/s1. The molecule has 0 aromatic heterocycles. The van der Waals surface area contributed by atoms with Gasteiger partial charge in [0, 0.05) is 18.0 Å². The van der Waals surface area contributed by atoms with Crippen LogP contribution in [0.25, 0.3) is 0 Å². The van der Waals surface area contributed by atoms with Crippen molar-refractivity contribution in [1.29, 1.82) is 0 Å². The van der Waals surface area contributed by atoms with E-state index in [9.17, 15) is 14.7 Å². The van der Waals surface area contributed by atoms with E-state index in [-0.39, 0.29) is 12.3 Å². The van der Waals surface area contributed by atoms with Gasteiger partial charge in [0.1, 0.15) is 0 Å². The largest absolute Gasteiger partial charge is 0.550 e. The summed E-state index contributed by atoms with van der Waals surface area (Å²) in [5.41, 5.74) is 2.00. The number of hydrogen-bond acceptors (Lipinski definition) is 5. The van der Waals surface area contributed by atoms with Crippen LogP contribution < -0.4 is 19.9 Å². The van der Waals surface area contributed by atoms with Crippen LogP contribution in [0.4, 0.5) is 0 Å². The summed E-state index contributed by atoms with van der Waals surface area (Å²) < 4.78 is 10.8. The van der Waals surface area contributed by atoms with Crippen molar-refractivity contribution in [1.82, 2.24) is 5.32 Å². The zero-order chi connectivity index (χ0) is 19.1. The van der Waals surface area contributed by atoms with Crippen molar-refractivity contribution in [3.05, 3.63) is 59.2 Å². The van der Waals surface area contributed by atoms with E-state index in [1.165, 1.54) is 7.11 Å². The molecule has 0 unspecified atom stereocenters. The molecule has 138 valence electrons. The fourth-order valence-corrected chi connectivity index (χ4v) is 2.62. The molecule has 6 heteroatoms. The maximum absolute atomic E-state index is 12.5. The average Bonchev–Trinajstić information content (AvgIpc) is 2.61. The van der Waals surface area contributed by atoms with Crippen LogP contribution in [-0.2, 0) is 4.79 Å². The Balaban J connectivity index is 2.29. The highest BCUT2D eigenvalue weighted by atomic mass is 16.5. The smallest absolute Gasteiger partial charge is 0.251 e. The number of benzene rings is 2. The summed E-state index contributed by atoms with van der Waals surface area (Å²) in [7, 11) is 1.50. The molecule has 0 saturated carbocycles. The molecule has 0 bridgehead atoms. The van der Waals surface area contributed by atoms with E-state index in [4.69, 9.17) is 9.47 Å². The van der Waals surface area contributed by atoms with Crippen LogP contribution in [0.15, 0.2) is 42.5 Å². The maximum Gasteiger partial charge on any atom is 0.251 e. The van der Waals surface area contributed by atoms with Crippen molar-refractivity contribution in [2.45, 2.75) is 26.3 Å². The summed E-state index contributed by atoms with van der Waals surface area (Å²) in [5.74, 6) is -0.589. The zero-order valence-electron chi connectivity index (χ0n) is 15.1. The van der Waals surface area contributed by atoms with Crippen LogP contribution in [0.5, 0.6) is 11.5 Å².